The van der Waals surface area contributed by atoms with Gasteiger partial charge in [0, 0.05) is 86.7 Å². The summed E-state index contributed by atoms with van der Waals surface area (Å²) in [5.74, 6) is -4.86. The van der Waals surface area contributed by atoms with Gasteiger partial charge >= 0.3 is 5.97 Å². The number of aromatic amines is 1. The number of Topliss-reactive ketones (excluding diaryl/α,β-unsaturated/α-hetero) is 1. The van der Waals surface area contributed by atoms with E-state index >= 15 is 0 Å². The normalized spacial score (nSPS) is 29.7. The maximum atomic E-state index is 14.2. The fourth-order valence-electron chi connectivity index (χ4n) is 11.6. The van der Waals surface area contributed by atoms with Crippen molar-refractivity contribution in [2.45, 2.75) is 107 Å². The van der Waals surface area contributed by atoms with E-state index in [0.717, 1.165) is 43.4 Å². The van der Waals surface area contributed by atoms with Crippen molar-refractivity contribution in [3.8, 4) is 17.2 Å². The van der Waals surface area contributed by atoms with Crippen LogP contribution in [0.3, 0.4) is 0 Å². The van der Waals surface area contributed by atoms with Crippen molar-refractivity contribution in [3.63, 3.8) is 0 Å². The molecule has 2 aromatic carbocycles. The topological polar surface area (TPSA) is 218 Å². The smallest absolute Gasteiger partial charge is 0.375 e. The largest absolute Gasteiger partial charge is 0.489 e. The molecular formula is C50H60N2O13. The van der Waals surface area contributed by atoms with Gasteiger partial charge in [0.25, 0.3) is 0 Å². The second-order valence-electron chi connectivity index (χ2n) is 18.7. The molecule has 0 spiro atoms. The lowest BCUT2D eigenvalue weighted by Gasteiger charge is -2.49. The third-order valence-electron chi connectivity index (χ3n) is 14.7. The van der Waals surface area contributed by atoms with Gasteiger partial charge in [-0.25, -0.2) is 4.79 Å². The number of aliphatic hydroxyl groups excluding tert-OH is 2. The highest BCUT2D eigenvalue weighted by atomic mass is 16.6. The van der Waals surface area contributed by atoms with Gasteiger partial charge in [-0.05, 0) is 93.5 Å². The van der Waals surface area contributed by atoms with Crippen LogP contribution in [0.1, 0.15) is 92.9 Å². The van der Waals surface area contributed by atoms with Gasteiger partial charge in [0.1, 0.15) is 40.8 Å². The number of fused-ring (bicyclic) bond motifs is 4. The van der Waals surface area contributed by atoms with E-state index in [1.165, 1.54) is 0 Å². The molecule has 15 heteroatoms. The first-order valence-corrected chi connectivity index (χ1v) is 23.1. The molecule has 9 rings (SSSR count). The highest BCUT2D eigenvalue weighted by molar-refractivity contribution is 6.11. The lowest BCUT2D eigenvalue weighted by atomic mass is 9.66. The second-order valence-corrected chi connectivity index (χ2v) is 18.7. The summed E-state index contributed by atoms with van der Waals surface area (Å²) in [7, 11) is 1.69. The number of carbonyl (C=O) groups is 3. The number of nitrogens with zero attached hydrogens (tertiary/aromatic N) is 1. The second kappa shape index (κ2) is 18.4. The van der Waals surface area contributed by atoms with Gasteiger partial charge in [-0.2, -0.15) is 0 Å². The number of H-pyrrole nitrogens is 1. The number of benzene rings is 2. The molecule has 0 amide bonds. The average molecular weight is 897 g/mol. The summed E-state index contributed by atoms with van der Waals surface area (Å²) in [6, 6.07) is 7.59. The number of piperidine rings is 1. The van der Waals surface area contributed by atoms with Gasteiger partial charge in [-0.1, -0.05) is 23.8 Å². The molecule has 3 aliphatic heterocycles. The molecule has 0 radical (unpaired) electrons. The first kappa shape index (κ1) is 45.3. The summed E-state index contributed by atoms with van der Waals surface area (Å²) in [5, 5.41) is 57.8. The number of aldehydes is 1. The number of rotatable bonds is 13. The molecular weight excluding hydrogens is 837 g/mol. The number of aliphatic hydroxyl groups is 5. The van der Waals surface area contributed by atoms with E-state index in [9.17, 15) is 39.9 Å². The van der Waals surface area contributed by atoms with Crippen LogP contribution in [0.4, 0.5) is 0 Å². The maximum absolute atomic E-state index is 14.2. The van der Waals surface area contributed by atoms with Crippen molar-refractivity contribution in [1.82, 2.24) is 9.88 Å². The van der Waals surface area contributed by atoms with E-state index in [1.807, 2.05) is 36.5 Å². The number of hydrogen-bond donors (Lipinski definition) is 6. The number of ether oxygens (including phenoxy) is 5. The quantitative estimate of drug-likeness (QED) is 0.0457. The predicted molar refractivity (Wildman–Crippen MR) is 237 cm³/mol. The van der Waals surface area contributed by atoms with Gasteiger partial charge < -0.3 is 59.1 Å². The fourth-order valence-corrected chi connectivity index (χ4v) is 11.6. The Kier molecular flexibility index (Phi) is 12.8. The van der Waals surface area contributed by atoms with Gasteiger partial charge in [0.15, 0.2) is 12.1 Å². The van der Waals surface area contributed by atoms with Crippen LogP contribution in [-0.2, 0) is 36.9 Å². The lowest BCUT2D eigenvalue weighted by molar-refractivity contribution is -0.196. The summed E-state index contributed by atoms with van der Waals surface area (Å²) in [5.41, 5.74) is 1.81. The molecule has 15 nitrogen and oxygen atoms in total. The summed E-state index contributed by atoms with van der Waals surface area (Å²) in [4.78, 5) is 47.3. The number of methoxy groups -OCH3 is 1. The zero-order valence-electron chi connectivity index (χ0n) is 37.1. The van der Waals surface area contributed by atoms with E-state index in [4.69, 9.17) is 23.7 Å². The van der Waals surface area contributed by atoms with Crippen molar-refractivity contribution < 1.29 is 63.6 Å². The molecule has 65 heavy (non-hydrogen) atoms. The highest BCUT2D eigenvalue weighted by Crippen LogP contribution is 2.58. The van der Waals surface area contributed by atoms with E-state index in [2.05, 4.69) is 16.0 Å². The Bertz CT molecular complexity index is 2430. The number of nitrogens with one attached hydrogen (secondary N) is 1. The first-order chi connectivity index (χ1) is 31.4. The van der Waals surface area contributed by atoms with Gasteiger partial charge in [0.05, 0.1) is 36.5 Å². The molecule has 3 fully saturated rings. The minimum absolute atomic E-state index is 0.0198. The van der Waals surface area contributed by atoms with Crippen molar-refractivity contribution in [2.24, 2.45) is 17.8 Å². The number of esters is 1. The Labute approximate surface area is 377 Å². The highest BCUT2D eigenvalue weighted by Gasteiger charge is 2.54. The van der Waals surface area contributed by atoms with Crippen LogP contribution in [0.5, 0.6) is 17.2 Å². The molecule has 2 saturated carbocycles. The molecule has 0 bridgehead atoms. The summed E-state index contributed by atoms with van der Waals surface area (Å²) in [6.07, 6.45) is 8.10. The fraction of sp³-hybridized carbons (Fsp3) is 0.540. The molecule has 3 aromatic rings. The molecule has 7 atom stereocenters. The molecule has 4 heterocycles. The Hall–Kier alpha value is -4.87. The number of ketones is 1. The lowest BCUT2D eigenvalue weighted by Crippen LogP contribution is -2.58. The SMILES string of the molecule is CCOC(=O)C1=C(C=O)C(=C2CC(CO)C(=O)C(c3ccc4[nH]ccc4c3)C2)c2c(c(CO)c3c(c2OC2CCCC(O)(O)C2)CC(C2(O)CC=CC4CN(CCCOC)CCC42)O3)O1. The maximum Gasteiger partial charge on any atom is 0.375 e. The Morgan fingerprint density at radius 3 is 2.69 bits per heavy atom. The summed E-state index contributed by atoms with van der Waals surface area (Å²) >= 11 is 0. The molecule has 348 valence electrons. The van der Waals surface area contributed by atoms with Crippen LogP contribution in [0.25, 0.3) is 16.5 Å². The Balaban J connectivity index is 1.22. The van der Waals surface area contributed by atoms with Gasteiger partial charge in [0.2, 0.25) is 5.76 Å². The van der Waals surface area contributed by atoms with Crippen molar-refractivity contribution in [1.29, 1.82) is 0 Å². The molecule has 7 unspecified atom stereocenters. The number of likely N-dealkylation sites (tertiary alicyclic amines) is 1. The van der Waals surface area contributed by atoms with E-state index in [-0.39, 0.29) is 95.9 Å². The zero-order chi connectivity index (χ0) is 45.6. The van der Waals surface area contributed by atoms with E-state index in [1.54, 1.807) is 14.0 Å². The van der Waals surface area contributed by atoms with Crippen molar-refractivity contribution in [3.05, 3.63) is 81.8 Å². The first-order valence-electron chi connectivity index (χ1n) is 23.1. The number of allylic oxidation sites excluding steroid dienone is 3. The van der Waals surface area contributed by atoms with Crippen LogP contribution in [-0.4, -0.2) is 124 Å². The van der Waals surface area contributed by atoms with Gasteiger partial charge in [-0.3, -0.25) is 9.59 Å². The van der Waals surface area contributed by atoms with Crippen molar-refractivity contribution >= 4 is 34.5 Å². The van der Waals surface area contributed by atoms with Crippen LogP contribution in [0.2, 0.25) is 0 Å². The number of carbonyl (C=O) groups excluding carboxylic acids is 3. The van der Waals surface area contributed by atoms with Gasteiger partial charge in [-0.15, -0.1) is 0 Å². The number of aromatic nitrogens is 1. The predicted octanol–water partition coefficient (Wildman–Crippen LogP) is 4.55. The van der Waals surface area contributed by atoms with E-state index < -0.39 is 60.4 Å². The molecule has 3 aliphatic carbocycles. The van der Waals surface area contributed by atoms with Crippen LogP contribution >= 0.6 is 0 Å². The van der Waals surface area contributed by atoms with Crippen molar-refractivity contribution in [2.75, 3.05) is 46.6 Å². The molecule has 1 aromatic heterocycles. The molecule has 6 aliphatic rings. The van der Waals surface area contributed by atoms with Crippen LogP contribution in [0, 0.1) is 17.8 Å². The minimum atomic E-state index is -2.01. The monoisotopic (exact) mass is 896 g/mol. The van der Waals surface area contributed by atoms with E-state index in [0.29, 0.717) is 48.9 Å². The van der Waals surface area contributed by atoms with Crippen LogP contribution in [0.15, 0.2) is 59.5 Å². The molecule has 6 N–H and O–H groups in total. The third-order valence-corrected chi connectivity index (χ3v) is 14.7. The number of hydrogen-bond acceptors (Lipinski definition) is 14. The Morgan fingerprint density at radius 2 is 1.94 bits per heavy atom. The third kappa shape index (κ3) is 8.34. The standard InChI is InChI=1S/C50H60N2O13/c1-3-62-48(57)47-36(26-54)41(31-20-32(25-53)43(56)34(21-31)28-9-10-39-29(19-28)11-15-51-39)42-45(63-33-8-5-13-49(58,59)23-33)35-22-40(64-44(35)37(27-55)46(42)65-47)50(60)14-4-7-30-24-52(16-6-18-61-2)17-12-38(30)50/h4,7,9-11,15,19,26,30,32-34,38,40,51,53,55,58-60H,3,5-6,8,12-14,16-18,20-25,27H2,1-2H3. The van der Waals surface area contributed by atoms with Crippen LogP contribution < -0.4 is 14.2 Å². The Morgan fingerprint density at radius 1 is 1.09 bits per heavy atom. The summed E-state index contributed by atoms with van der Waals surface area (Å²) < 4.78 is 31.0. The minimum Gasteiger partial charge on any atom is -0.489 e. The average Bonchev–Trinajstić information content (AvgIpc) is 3.97. The zero-order valence-corrected chi connectivity index (χ0v) is 37.1. The summed E-state index contributed by atoms with van der Waals surface area (Å²) in [6.45, 7) is 3.57. The molecule has 1 saturated heterocycles.